The zero-order valence-corrected chi connectivity index (χ0v) is 8.13. The van der Waals surface area contributed by atoms with Crippen molar-refractivity contribution in [2.45, 2.75) is 32.5 Å². The second-order valence-electron chi connectivity index (χ2n) is 3.69. The van der Waals surface area contributed by atoms with Crippen LogP contribution in [0.4, 0.5) is 0 Å². The Morgan fingerprint density at radius 2 is 2.23 bits per heavy atom. The number of hydrogen-bond donors (Lipinski definition) is 2. The van der Waals surface area contributed by atoms with E-state index in [0.717, 1.165) is 0 Å². The van der Waals surface area contributed by atoms with Crippen molar-refractivity contribution in [3.05, 3.63) is 0 Å². The van der Waals surface area contributed by atoms with E-state index in [1.807, 2.05) is 0 Å². The van der Waals surface area contributed by atoms with E-state index in [0.29, 0.717) is 0 Å². The molecule has 13 heavy (non-hydrogen) atoms. The number of amides is 2. The summed E-state index contributed by atoms with van der Waals surface area (Å²) < 4.78 is 0. The molecule has 1 rings (SSSR count). The van der Waals surface area contributed by atoms with E-state index in [1.54, 1.807) is 20.8 Å². The molecule has 1 unspecified atom stereocenters. The second kappa shape index (κ2) is 2.99. The van der Waals surface area contributed by atoms with Gasteiger partial charge in [-0.1, -0.05) is 0 Å². The van der Waals surface area contributed by atoms with Crippen LogP contribution >= 0.6 is 0 Å². The van der Waals surface area contributed by atoms with Crippen molar-refractivity contribution < 1.29 is 9.59 Å². The van der Waals surface area contributed by atoms with Crippen LogP contribution in [-0.4, -0.2) is 35.0 Å². The Bertz CT molecular complexity index is 250. The summed E-state index contributed by atoms with van der Waals surface area (Å²) in [5.74, 6) is -0.345. The third-order valence-corrected chi connectivity index (χ3v) is 2.24. The molecule has 5 heteroatoms. The third-order valence-electron chi connectivity index (χ3n) is 2.24. The normalized spacial score (nSPS) is 26.0. The number of carbonyl (C=O) groups is 2. The summed E-state index contributed by atoms with van der Waals surface area (Å²) in [5, 5.41) is 2.72. The number of nitrogens with one attached hydrogen (secondary N) is 1. The fourth-order valence-electron chi connectivity index (χ4n) is 1.69. The van der Waals surface area contributed by atoms with Crippen LogP contribution in [0.15, 0.2) is 0 Å². The van der Waals surface area contributed by atoms with Crippen molar-refractivity contribution >= 4 is 11.8 Å². The largest absolute Gasteiger partial charge is 0.332 e. The molecule has 0 aromatic rings. The van der Waals surface area contributed by atoms with Gasteiger partial charge in [-0.2, -0.15) is 0 Å². The van der Waals surface area contributed by atoms with Crippen molar-refractivity contribution in [3.8, 4) is 0 Å². The fraction of sp³-hybridized carbons (Fsp3) is 0.750. The first-order valence-electron chi connectivity index (χ1n) is 4.24. The molecule has 0 radical (unpaired) electrons. The van der Waals surface area contributed by atoms with E-state index in [2.05, 4.69) is 5.32 Å². The zero-order valence-electron chi connectivity index (χ0n) is 8.13. The standard InChI is InChI=1S/C8H15N3O2/c1-5-7(13)10-8(2,3)11(5)6(12)4-9/h5H,4,9H2,1-3H3,(H,10,13). The first kappa shape index (κ1) is 9.98. The van der Waals surface area contributed by atoms with Gasteiger partial charge < -0.3 is 16.0 Å². The maximum absolute atomic E-state index is 11.4. The number of rotatable bonds is 1. The molecular weight excluding hydrogens is 170 g/mol. The molecule has 1 heterocycles. The maximum atomic E-state index is 11.4. The van der Waals surface area contributed by atoms with Gasteiger partial charge in [-0.15, -0.1) is 0 Å². The number of nitrogens with zero attached hydrogens (tertiary/aromatic N) is 1. The van der Waals surface area contributed by atoms with Crippen LogP contribution in [0.5, 0.6) is 0 Å². The van der Waals surface area contributed by atoms with Crippen LogP contribution in [0, 0.1) is 0 Å². The van der Waals surface area contributed by atoms with Crippen LogP contribution < -0.4 is 11.1 Å². The Morgan fingerprint density at radius 1 is 1.69 bits per heavy atom. The van der Waals surface area contributed by atoms with E-state index in [9.17, 15) is 9.59 Å². The van der Waals surface area contributed by atoms with Crippen LogP contribution in [0.1, 0.15) is 20.8 Å². The molecule has 0 aromatic heterocycles. The quantitative estimate of drug-likeness (QED) is 0.552. The predicted molar refractivity (Wildman–Crippen MR) is 47.6 cm³/mol. The van der Waals surface area contributed by atoms with E-state index in [4.69, 9.17) is 5.73 Å². The zero-order chi connectivity index (χ0) is 10.2. The number of hydrogen-bond acceptors (Lipinski definition) is 3. The summed E-state index contributed by atoms with van der Waals surface area (Å²) in [6.07, 6.45) is 0. The molecule has 1 fully saturated rings. The molecule has 1 aliphatic heterocycles. The Labute approximate surface area is 77.3 Å². The number of nitrogens with two attached hydrogens (primary N) is 1. The van der Waals surface area contributed by atoms with Gasteiger partial charge in [-0.05, 0) is 20.8 Å². The van der Waals surface area contributed by atoms with Gasteiger partial charge in [0, 0.05) is 0 Å². The molecule has 1 atom stereocenters. The fourth-order valence-corrected chi connectivity index (χ4v) is 1.69. The van der Waals surface area contributed by atoms with Gasteiger partial charge in [-0.25, -0.2) is 0 Å². The molecule has 2 amide bonds. The minimum absolute atomic E-state index is 0.0667. The summed E-state index contributed by atoms with van der Waals surface area (Å²) in [5.41, 5.74) is 4.63. The lowest BCUT2D eigenvalue weighted by molar-refractivity contribution is -0.136. The number of carbonyl (C=O) groups excluding carboxylic acids is 2. The molecule has 74 valence electrons. The summed E-state index contributed by atoms with van der Waals surface area (Å²) in [7, 11) is 0. The minimum Gasteiger partial charge on any atom is -0.332 e. The molecular formula is C8H15N3O2. The highest BCUT2D eigenvalue weighted by Gasteiger charge is 2.44. The lowest BCUT2D eigenvalue weighted by atomic mass is 10.2. The van der Waals surface area contributed by atoms with Crippen molar-refractivity contribution in [2.75, 3.05) is 6.54 Å². The van der Waals surface area contributed by atoms with Gasteiger partial charge in [0.05, 0.1) is 6.54 Å². The Morgan fingerprint density at radius 3 is 2.54 bits per heavy atom. The van der Waals surface area contributed by atoms with Gasteiger partial charge in [-0.3, -0.25) is 9.59 Å². The van der Waals surface area contributed by atoms with E-state index >= 15 is 0 Å². The van der Waals surface area contributed by atoms with E-state index in [1.165, 1.54) is 4.90 Å². The summed E-state index contributed by atoms with van der Waals surface area (Å²) in [4.78, 5) is 24.2. The highest BCUT2D eigenvalue weighted by atomic mass is 16.2. The van der Waals surface area contributed by atoms with Gasteiger partial charge in [0.15, 0.2) is 0 Å². The predicted octanol–water partition coefficient (Wildman–Crippen LogP) is -0.972. The maximum Gasteiger partial charge on any atom is 0.244 e. The van der Waals surface area contributed by atoms with Crippen LogP contribution in [-0.2, 0) is 9.59 Å². The average molecular weight is 185 g/mol. The average Bonchev–Trinajstić information content (AvgIpc) is 2.21. The smallest absolute Gasteiger partial charge is 0.244 e. The monoisotopic (exact) mass is 185 g/mol. The molecule has 0 bridgehead atoms. The molecule has 0 spiro atoms. The SMILES string of the molecule is CC1C(=O)NC(C)(C)N1C(=O)CN. The highest BCUT2D eigenvalue weighted by molar-refractivity contribution is 5.92. The van der Waals surface area contributed by atoms with E-state index in [-0.39, 0.29) is 18.4 Å². The van der Waals surface area contributed by atoms with Crippen LogP contribution in [0.2, 0.25) is 0 Å². The second-order valence-corrected chi connectivity index (χ2v) is 3.69. The van der Waals surface area contributed by atoms with Crippen molar-refractivity contribution in [1.82, 2.24) is 10.2 Å². The Balaban J connectivity index is 2.93. The van der Waals surface area contributed by atoms with Gasteiger partial charge in [0.25, 0.3) is 0 Å². The van der Waals surface area contributed by atoms with Crippen LogP contribution in [0.3, 0.4) is 0 Å². The van der Waals surface area contributed by atoms with Crippen molar-refractivity contribution in [3.63, 3.8) is 0 Å². The molecule has 5 nitrogen and oxygen atoms in total. The highest BCUT2D eigenvalue weighted by Crippen LogP contribution is 2.21. The van der Waals surface area contributed by atoms with E-state index < -0.39 is 11.7 Å². The topological polar surface area (TPSA) is 75.4 Å². The van der Waals surface area contributed by atoms with Crippen molar-refractivity contribution in [2.24, 2.45) is 5.73 Å². The molecule has 0 aromatic carbocycles. The minimum atomic E-state index is -0.618. The van der Waals surface area contributed by atoms with Crippen molar-refractivity contribution in [1.29, 1.82) is 0 Å². The Kier molecular flexibility index (Phi) is 2.30. The first-order valence-corrected chi connectivity index (χ1v) is 4.24. The molecule has 3 N–H and O–H groups in total. The molecule has 0 saturated carbocycles. The van der Waals surface area contributed by atoms with Gasteiger partial charge in [0.1, 0.15) is 11.7 Å². The molecule has 1 aliphatic rings. The molecule has 0 aliphatic carbocycles. The first-order chi connectivity index (χ1) is 5.90. The summed E-state index contributed by atoms with van der Waals surface area (Å²) in [6, 6.07) is -0.425. The Hall–Kier alpha value is -1.10. The van der Waals surface area contributed by atoms with Gasteiger partial charge >= 0.3 is 0 Å². The van der Waals surface area contributed by atoms with Crippen LogP contribution in [0.25, 0.3) is 0 Å². The lowest BCUT2D eigenvalue weighted by Gasteiger charge is -2.32. The summed E-state index contributed by atoms with van der Waals surface area (Å²) >= 11 is 0. The lowest BCUT2D eigenvalue weighted by Crippen LogP contribution is -2.52. The summed E-state index contributed by atoms with van der Waals surface area (Å²) in [6.45, 7) is 5.18. The van der Waals surface area contributed by atoms with Gasteiger partial charge in [0.2, 0.25) is 11.8 Å². The molecule has 1 saturated heterocycles. The third kappa shape index (κ3) is 1.51.